The van der Waals surface area contributed by atoms with Crippen LogP contribution in [0.25, 0.3) is 0 Å². The van der Waals surface area contributed by atoms with Gasteiger partial charge in [0, 0.05) is 18.7 Å². The summed E-state index contributed by atoms with van der Waals surface area (Å²) in [6.07, 6.45) is 4.37. The molecule has 14 heavy (non-hydrogen) atoms. The van der Waals surface area contributed by atoms with Gasteiger partial charge in [-0.3, -0.25) is 0 Å². The highest BCUT2D eigenvalue weighted by molar-refractivity contribution is 7.90. The van der Waals surface area contributed by atoms with Gasteiger partial charge in [-0.25, -0.2) is 8.42 Å². The molecule has 0 heterocycles. The molecule has 0 saturated heterocycles. The molecule has 0 radical (unpaired) electrons. The Morgan fingerprint density at radius 1 is 1.43 bits per heavy atom. The Labute approximate surface area is 91.1 Å². The van der Waals surface area contributed by atoms with E-state index in [0.29, 0.717) is 17.7 Å². The fourth-order valence-electron chi connectivity index (χ4n) is 1.35. The van der Waals surface area contributed by atoms with Crippen molar-refractivity contribution in [1.29, 1.82) is 0 Å². The highest BCUT2D eigenvalue weighted by Gasteiger charge is 2.40. The van der Waals surface area contributed by atoms with E-state index in [1.807, 2.05) is 0 Å². The second-order valence-electron chi connectivity index (χ2n) is 4.29. The Hall–Kier alpha value is 0.200. The molecule has 0 aromatic rings. The lowest BCUT2D eigenvalue weighted by Crippen LogP contribution is -2.27. The Morgan fingerprint density at radius 3 is 2.50 bits per heavy atom. The van der Waals surface area contributed by atoms with Gasteiger partial charge in [-0.05, 0) is 31.2 Å². The van der Waals surface area contributed by atoms with E-state index in [2.05, 4.69) is 5.32 Å². The smallest absolute Gasteiger partial charge is 0.147 e. The number of hydrogen-bond donors (Lipinski definition) is 1. The monoisotopic (exact) mass is 239 g/mol. The molecule has 1 fully saturated rings. The summed E-state index contributed by atoms with van der Waals surface area (Å²) in [6.45, 7) is 1.70. The average molecular weight is 240 g/mol. The molecule has 0 spiro atoms. The fourth-order valence-corrected chi connectivity index (χ4v) is 2.38. The van der Waals surface area contributed by atoms with E-state index in [0.717, 1.165) is 13.1 Å². The van der Waals surface area contributed by atoms with Gasteiger partial charge in [0.05, 0.1) is 5.75 Å². The van der Waals surface area contributed by atoms with Gasteiger partial charge in [0.2, 0.25) is 0 Å². The molecule has 1 rings (SSSR count). The van der Waals surface area contributed by atoms with Crippen LogP contribution >= 0.6 is 11.6 Å². The maximum absolute atomic E-state index is 10.8. The normalized spacial score (nSPS) is 19.6. The molecule has 0 atom stereocenters. The second-order valence-corrected chi connectivity index (χ2v) is 6.82. The van der Waals surface area contributed by atoms with Gasteiger partial charge in [-0.1, -0.05) is 0 Å². The minimum atomic E-state index is -2.80. The van der Waals surface area contributed by atoms with Crippen molar-refractivity contribution in [2.75, 3.05) is 31.0 Å². The Bertz CT molecular complexity index is 273. The van der Waals surface area contributed by atoms with Crippen molar-refractivity contribution in [3.63, 3.8) is 0 Å². The van der Waals surface area contributed by atoms with Crippen molar-refractivity contribution in [2.45, 2.75) is 19.3 Å². The molecule has 0 bridgehead atoms. The van der Waals surface area contributed by atoms with E-state index in [-0.39, 0.29) is 5.75 Å². The molecule has 3 nitrogen and oxygen atoms in total. The van der Waals surface area contributed by atoms with Gasteiger partial charge in [0.15, 0.2) is 0 Å². The Morgan fingerprint density at radius 2 is 2.07 bits per heavy atom. The van der Waals surface area contributed by atoms with Gasteiger partial charge in [-0.15, -0.1) is 11.6 Å². The quantitative estimate of drug-likeness (QED) is 0.533. The van der Waals surface area contributed by atoms with Crippen molar-refractivity contribution < 1.29 is 8.42 Å². The zero-order valence-corrected chi connectivity index (χ0v) is 10.1. The summed E-state index contributed by atoms with van der Waals surface area (Å²) in [4.78, 5) is 0. The standard InChI is InChI=1S/C9H18ClNO2S/c1-14(12,13)6-2-5-11-8-9(7-10)3-4-9/h11H,2-8H2,1H3. The van der Waals surface area contributed by atoms with E-state index in [1.165, 1.54) is 19.1 Å². The first-order chi connectivity index (χ1) is 6.47. The van der Waals surface area contributed by atoms with Crippen LogP contribution in [0.1, 0.15) is 19.3 Å². The third-order valence-corrected chi connectivity index (χ3v) is 4.21. The van der Waals surface area contributed by atoms with Gasteiger partial charge >= 0.3 is 0 Å². The largest absolute Gasteiger partial charge is 0.316 e. The molecule has 0 aliphatic heterocycles. The summed E-state index contributed by atoms with van der Waals surface area (Å²) >= 11 is 5.81. The van der Waals surface area contributed by atoms with Crippen LogP contribution in [0, 0.1) is 5.41 Å². The maximum Gasteiger partial charge on any atom is 0.147 e. The van der Waals surface area contributed by atoms with Crippen LogP contribution in [0.5, 0.6) is 0 Å². The van der Waals surface area contributed by atoms with Crippen molar-refractivity contribution in [3.05, 3.63) is 0 Å². The third kappa shape index (κ3) is 4.62. The van der Waals surface area contributed by atoms with Crippen LogP contribution < -0.4 is 5.32 Å². The Kier molecular flexibility index (Phi) is 4.22. The van der Waals surface area contributed by atoms with E-state index in [4.69, 9.17) is 11.6 Å². The summed E-state index contributed by atoms with van der Waals surface area (Å²) in [5.74, 6) is 0.986. The topological polar surface area (TPSA) is 46.2 Å². The van der Waals surface area contributed by atoms with Crippen molar-refractivity contribution in [1.82, 2.24) is 5.32 Å². The van der Waals surface area contributed by atoms with E-state index in [9.17, 15) is 8.42 Å². The number of alkyl halides is 1. The maximum atomic E-state index is 10.8. The number of hydrogen-bond acceptors (Lipinski definition) is 3. The molecule has 5 heteroatoms. The molecule has 0 aromatic carbocycles. The molecule has 1 aliphatic carbocycles. The molecule has 1 saturated carbocycles. The zero-order chi connectivity index (χ0) is 10.7. The fraction of sp³-hybridized carbons (Fsp3) is 1.00. The van der Waals surface area contributed by atoms with Crippen LogP contribution in [0.3, 0.4) is 0 Å². The number of nitrogens with one attached hydrogen (secondary N) is 1. The first-order valence-corrected chi connectivity index (χ1v) is 7.51. The van der Waals surface area contributed by atoms with Gasteiger partial charge in [0.25, 0.3) is 0 Å². The first kappa shape index (κ1) is 12.3. The zero-order valence-electron chi connectivity index (χ0n) is 8.55. The van der Waals surface area contributed by atoms with Crippen molar-refractivity contribution in [3.8, 4) is 0 Å². The molecule has 1 aliphatic rings. The number of rotatable bonds is 7. The van der Waals surface area contributed by atoms with Crippen molar-refractivity contribution >= 4 is 21.4 Å². The van der Waals surface area contributed by atoms with E-state index < -0.39 is 9.84 Å². The Balaban J connectivity index is 2.00. The third-order valence-electron chi connectivity index (χ3n) is 2.61. The lowest BCUT2D eigenvalue weighted by Gasteiger charge is -2.11. The van der Waals surface area contributed by atoms with Crippen molar-refractivity contribution in [2.24, 2.45) is 5.41 Å². The van der Waals surface area contributed by atoms with Crippen LogP contribution in [-0.4, -0.2) is 39.4 Å². The molecule has 84 valence electrons. The summed E-state index contributed by atoms with van der Waals surface area (Å²) in [6, 6.07) is 0. The molecule has 0 unspecified atom stereocenters. The summed E-state index contributed by atoms with van der Waals surface area (Å²) < 4.78 is 21.6. The second kappa shape index (κ2) is 4.81. The molecular formula is C9H18ClNO2S. The molecule has 1 N–H and O–H groups in total. The van der Waals surface area contributed by atoms with Gasteiger partial charge < -0.3 is 5.32 Å². The highest BCUT2D eigenvalue weighted by Crippen LogP contribution is 2.45. The summed E-state index contributed by atoms with van der Waals surface area (Å²) in [5.41, 5.74) is 0.326. The predicted octanol–water partition coefficient (Wildman–Crippen LogP) is 1.03. The SMILES string of the molecule is CS(=O)(=O)CCCNCC1(CCl)CC1. The summed E-state index contributed by atoms with van der Waals surface area (Å²) in [7, 11) is -2.80. The molecular weight excluding hydrogens is 222 g/mol. The number of sulfone groups is 1. The minimum Gasteiger partial charge on any atom is -0.316 e. The van der Waals surface area contributed by atoms with Crippen LogP contribution in [0.4, 0.5) is 0 Å². The van der Waals surface area contributed by atoms with E-state index in [1.54, 1.807) is 0 Å². The predicted molar refractivity (Wildman–Crippen MR) is 59.6 cm³/mol. The molecule has 0 aromatic heterocycles. The van der Waals surface area contributed by atoms with Crippen LogP contribution in [0.2, 0.25) is 0 Å². The highest BCUT2D eigenvalue weighted by atomic mass is 35.5. The first-order valence-electron chi connectivity index (χ1n) is 4.92. The van der Waals surface area contributed by atoms with Gasteiger partial charge in [0.1, 0.15) is 9.84 Å². The van der Waals surface area contributed by atoms with E-state index >= 15 is 0 Å². The van der Waals surface area contributed by atoms with Crippen LogP contribution in [-0.2, 0) is 9.84 Å². The minimum absolute atomic E-state index is 0.272. The summed E-state index contributed by atoms with van der Waals surface area (Å²) in [5, 5.41) is 3.26. The average Bonchev–Trinajstić information content (AvgIpc) is 2.83. The lowest BCUT2D eigenvalue weighted by molar-refractivity contribution is 0.504. The lowest BCUT2D eigenvalue weighted by atomic mass is 10.1. The van der Waals surface area contributed by atoms with Gasteiger partial charge in [-0.2, -0.15) is 0 Å². The van der Waals surface area contributed by atoms with Crippen LogP contribution in [0.15, 0.2) is 0 Å². The molecule has 0 amide bonds. The number of halogens is 1.